The predicted octanol–water partition coefficient (Wildman–Crippen LogP) is 3.10. The van der Waals surface area contributed by atoms with Gasteiger partial charge in [-0.2, -0.15) is 4.98 Å². The molecule has 2 N–H and O–H groups in total. The van der Waals surface area contributed by atoms with Crippen LogP contribution in [-0.4, -0.2) is 79.1 Å². The molecule has 10 heteroatoms. The standard InChI is InChI=1S/C22H31F2N5O3/c1-31-18-13-16-17(14-19(18)32-12-4-9-28-7-2-3-8-28)26-21(27-20(16)25-15-30)29-10-5-22(23,24)6-11-29/h13-14,30H,2-12,15H2,1H3,(H,25,26,27). The van der Waals surface area contributed by atoms with E-state index in [2.05, 4.69) is 20.2 Å². The number of rotatable bonds is 9. The summed E-state index contributed by atoms with van der Waals surface area (Å²) < 4.78 is 38.7. The Kier molecular flexibility index (Phi) is 7.10. The monoisotopic (exact) mass is 451 g/mol. The molecule has 0 spiro atoms. The van der Waals surface area contributed by atoms with Crippen LogP contribution in [-0.2, 0) is 0 Å². The van der Waals surface area contributed by atoms with Gasteiger partial charge in [0.05, 0.1) is 19.2 Å². The van der Waals surface area contributed by atoms with Gasteiger partial charge in [0, 0.05) is 43.9 Å². The number of piperidine rings is 1. The number of halogens is 2. The fourth-order valence-corrected chi connectivity index (χ4v) is 4.26. The van der Waals surface area contributed by atoms with Crippen molar-refractivity contribution in [3.63, 3.8) is 0 Å². The zero-order valence-corrected chi connectivity index (χ0v) is 18.4. The maximum absolute atomic E-state index is 13.6. The van der Waals surface area contributed by atoms with Gasteiger partial charge in [0.15, 0.2) is 11.5 Å². The van der Waals surface area contributed by atoms with Gasteiger partial charge in [-0.25, -0.2) is 13.8 Å². The van der Waals surface area contributed by atoms with Crippen LogP contribution in [0.5, 0.6) is 11.5 Å². The molecule has 0 radical (unpaired) electrons. The summed E-state index contributed by atoms with van der Waals surface area (Å²) in [6.45, 7) is 3.90. The Morgan fingerprint density at radius 3 is 2.53 bits per heavy atom. The van der Waals surface area contributed by atoms with Gasteiger partial charge in [-0.15, -0.1) is 0 Å². The second-order valence-electron chi connectivity index (χ2n) is 8.32. The minimum absolute atomic E-state index is 0.174. The number of anilines is 2. The van der Waals surface area contributed by atoms with E-state index in [1.807, 2.05) is 0 Å². The smallest absolute Gasteiger partial charge is 0.251 e. The first-order valence-corrected chi connectivity index (χ1v) is 11.2. The molecule has 32 heavy (non-hydrogen) atoms. The van der Waals surface area contributed by atoms with Crippen molar-refractivity contribution in [3.05, 3.63) is 12.1 Å². The van der Waals surface area contributed by atoms with E-state index in [9.17, 15) is 13.9 Å². The van der Waals surface area contributed by atoms with E-state index in [0.29, 0.717) is 40.8 Å². The van der Waals surface area contributed by atoms with E-state index >= 15 is 0 Å². The van der Waals surface area contributed by atoms with Crippen LogP contribution in [0.3, 0.4) is 0 Å². The quantitative estimate of drug-likeness (QED) is 0.445. The van der Waals surface area contributed by atoms with E-state index in [-0.39, 0.29) is 32.7 Å². The molecule has 4 rings (SSSR count). The number of nitrogens with one attached hydrogen (secondary N) is 1. The summed E-state index contributed by atoms with van der Waals surface area (Å²) in [6, 6.07) is 3.56. The zero-order valence-electron chi connectivity index (χ0n) is 18.4. The molecule has 1 aromatic carbocycles. The van der Waals surface area contributed by atoms with Gasteiger partial charge < -0.3 is 29.7 Å². The zero-order chi connectivity index (χ0) is 22.6. The Morgan fingerprint density at radius 1 is 1.09 bits per heavy atom. The SMILES string of the molecule is COc1cc2c(NCO)nc(N3CCC(F)(F)CC3)nc2cc1OCCCN1CCCC1. The lowest BCUT2D eigenvalue weighted by Crippen LogP contribution is -2.40. The Labute approximate surface area is 186 Å². The highest BCUT2D eigenvalue weighted by molar-refractivity contribution is 5.92. The normalized spacial score (nSPS) is 18.8. The summed E-state index contributed by atoms with van der Waals surface area (Å²) in [5.41, 5.74) is 0.596. The van der Waals surface area contributed by atoms with Crippen LogP contribution in [0.25, 0.3) is 10.9 Å². The minimum atomic E-state index is -2.65. The van der Waals surface area contributed by atoms with Crippen LogP contribution in [0, 0.1) is 0 Å². The summed E-state index contributed by atoms with van der Waals surface area (Å²) in [6.07, 6.45) is 2.98. The predicted molar refractivity (Wildman–Crippen MR) is 119 cm³/mol. The lowest BCUT2D eigenvalue weighted by molar-refractivity contribution is -0.0222. The number of ether oxygens (including phenoxy) is 2. The lowest BCUT2D eigenvalue weighted by atomic mass is 10.1. The molecule has 2 aliphatic rings. The number of methoxy groups -OCH3 is 1. The number of likely N-dealkylation sites (tertiary alicyclic amines) is 1. The number of nitrogens with zero attached hydrogens (tertiary/aromatic N) is 4. The van der Waals surface area contributed by atoms with Gasteiger partial charge in [-0.3, -0.25) is 0 Å². The van der Waals surface area contributed by atoms with Crippen LogP contribution in [0.4, 0.5) is 20.5 Å². The molecular weight excluding hydrogens is 420 g/mol. The number of hydrogen-bond acceptors (Lipinski definition) is 8. The largest absolute Gasteiger partial charge is 0.493 e. The van der Waals surface area contributed by atoms with E-state index in [4.69, 9.17) is 9.47 Å². The van der Waals surface area contributed by atoms with Gasteiger partial charge in [-0.1, -0.05) is 0 Å². The van der Waals surface area contributed by atoms with Crippen molar-refractivity contribution in [3.8, 4) is 11.5 Å². The van der Waals surface area contributed by atoms with Crippen LogP contribution in [0.15, 0.2) is 12.1 Å². The summed E-state index contributed by atoms with van der Waals surface area (Å²) in [5.74, 6) is -0.749. The fourth-order valence-electron chi connectivity index (χ4n) is 4.26. The summed E-state index contributed by atoms with van der Waals surface area (Å²) in [7, 11) is 1.57. The summed E-state index contributed by atoms with van der Waals surface area (Å²) in [5, 5.41) is 12.9. The number of aliphatic hydroxyl groups excluding tert-OH is 1. The number of aromatic nitrogens is 2. The molecule has 0 atom stereocenters. The summed E-state index contributed by atoms with van der Waals surface area (Å²) in [4.78, 5) is 13.3. The fraction of sp³-hybridized carbons (Fsp3) is 0.636. The average molecular weight is 452 g/mol. The van der Waals surface area contributed by atoms with Crippen LogP contribution in [0.2, 0.25) is 0 Å². The Hall–Kier alpha value is -2.46. The third-order valence-electron chi connectivity index (χ3n) is 6.07. The van der Waals surface area contributed by atoms with Gasteiger partial charge in [0.25, 0.3) is 5.92 Å². The molecule has 0 saturated carbocycles. The molecule has 0 aliphatic carbocycles. The second kappa shape index (κ2) is 9.99. The number of fused-ring (bicyclic) bond motifs is 1. The number of benzene rings is 1. The van der Waals surface area contributed by atoms with Crippen molar-refractivity contribution in [1.29, 1.82) is 0 Å². The van der Waals surface area contributed by atoms with Crippen LogP contribution >= 0.6 is 0 Å². The van der Waals surface area contributed by atoms with Crippen molar-refractivity contribution in [2.24, 2.45) is 0 Å². The molecule has 0 unspecified atom stereocenters. The topological polar surface area (TPSA) is 83.0 Å². The van der Waals surface area contributed by atoms with Gasteiger partial charge in [-0.05, 0) is 38.4 Å². The molecule has 2 fully saturated rings. The molecule has 8 nitrogen and oxygen atoms in total. The second-order valence-corrected chi connectivity index (χ2v) is 8.32. The van der Waals surface area contributed by atoms with E-state index < -0.39 is 5.92 Å². The molecular formula is C22H31F2N5O3. The molecule has 176 valence electrons. The Morgan fingerprint density at radius 2 is 1.84 bits per heavy atom. The van der Waals surface area contributed by atoms with Gasteiger partial charge >= 0.3 is 0 Å². The third kappa shape index (κ3) is 5.29. The summed E-state index contributed by atoms with van der Waals surface area (Å²) >= 11 is 0. The van der Waals surface area contributed by atoms with Crippen molar-refractivity contribution in [2.75, 3.05) is 63.4 Å². The van der Waals surface area contributed by atoms with Gasteiger partial charge in [0.2, 0.25) is 5.95 Å². The molecule has 0 bridgehead atoms. The molecule has 3 heterocycles. The number of hydrogen-bond donors (Lipinski definition) is 2. The average Bonchev–Trinajstić information content (AvgIpc) is 3.30. The highest BCUT2D eigenvalue weighted by Gasteiger charge is 2.35. The Bertz CT molecular complexity index is 914. The third-order valence-corrected chi connectivity index (χ3v) is 6.07. The number of aliphatic hydroxyl groups is 1. The van der Waals surface area contributed by atoms with E-state index in [1.165, 1.54) is 12.8 Å². The molecule has 2 saturated heterocycles. The van der Waals surface area contributed by atoms with Crippen molar-refractivity contribution >= 4 is 22.7 Å². The van der Waals surface area contributed by atoms with Crippen molar-refractivity contribution in [1.82, 2.24) is 14.9 Å². The van der Waals surface area contributed by atoms with Crippen LogP contribution in [0.1, 0.15) is 32.1 Å². The first kappa shape index (κ1) is 22.7. The van der Waals surface area contributed by atoms with Gasteiger partial charge in [0.1, 0.15) is 12.5 Å². The minimum Gasteiger partial charge on any atom is -0.493 e. The maximum atomic E-state index is 13.6. The first-order valence-electron chi connectivity index (χ1n) is 11.2. The van der Waals surface area contributed by atoms with E-state index in [1.54, 1.807) is 24.1 Å². The molecule has 2 aliphatic heterocycles. The molecule has 1 aromatic heterocycles. The highest BCUT2D eigenvalue weighted by Crippen LogP contribution is 2.36. The molecule has 2 aromatic rings. The van der Waals surface area contributed by atoms with E-state index in [0.717, 1.165) is 26.1 Å². The molecule has 0 amide bonds. The Balaban J connectivity index is 1.56. The van der Waals surface area contributed by atoms with Crippen LogP contribution < -0.4 is 19.7 Å². The first-order chi connectivity index (χ1) is 15.5. The number of alkyl halides is 2. The van der Waals surface area contributed by atoms with Crippen molar-refractivity contribution in [2.45, 2.75) is 38.0 Å². The highest BCUT2D eigenvalue weighted by atomic mass is 19.3. The van der Waals surface area contributed by atoms with Crippen molar-refractivity contribution < 1.29 is 23.4 Å². The maximum Gasteiger partial charge on any atom is 0.251 e. The lowest BCUT2D eigenvalue weighted by Gasteiger charge is -2.32.